The zero-order chi connectivity index (χ0) is 11.4. The van der Waals surface area contributed by atoms with Gasteiger partial charge in [-0.3, -0.25) is 4.79 Å². The van der Waals surface area contributed by atoms with Crippen molar-refractivity contribution in [1.29, 1.82) is 0 Å². The second-order valence-electron chi connectivity index (χ2n) is 3.52. The molecule has 1 rings (SSSR count). The summed E-state index contributed by atoms with van der Waals surface area (Å²) in [5, 5.41) is 2.90. The fourth-order valence-corrected chi connectivity index (χ4v) is 1.40. The molecule has 3 nitrogen and oxygen atoms in total. The Labute approximate surface area is 88.5 Å². The van der Waals surface area contributed by atoms with Gasteiger partial charge in [-0.05, 0) is 37.1 Å². The van der Waals surface area contributed by atoms with E-state index in [1.807, 2.05) is 6.92 Å². The van der Waals surface area contributed by atoms with Crippen LogP contribution in [0.3, 0.4) is 0 Å². The van der Waals surface area contributed by atoms with Crippen molar-refractivity contribution >= 4 is 11.6 Å². The first-order chi connectivity index (χ1) is 7.02. The quantitative estimate of drug-likeness (QED) is 0.796. The fraction of sp³-hybridized carbons (Fsp3) is 0.364. The maximum atomic E-state index is 13.0. The first-order valence-electron chi connectivity index (χ1n) is 4.86. The normalized spacial score (nSPS) is 12.2. The van der Waals surface area contributed by atoms with Crippen molar-refractivity contribution in [3.8, 4) is 0 Å². The number of aryl methyl sites for hydroxylation is 1. The van der Waals surface area contributed by atoms with Crippen molar-refractivity contribution in [3.63, 3.8) is 0 Å². The maximum Gasteiger partial charge on any atom is 0.239 e. The van der Waals surface area contributed by atoms with Crippen molar-refractivity contribution in [2.75, 3.05) is 5.32 Å². The molecule has 0 aliphatic carbocycles. The Balaban J connectivity index is 2.83. The van der Waals surface area contributed by atoms with Crippen molar-refractivity contribution in [2.45, 2.75) is 26.3 Å². The van der Waals surface area contributed by atoms with Gasteiger partial charge < -0.3 is 11.1 Å². The van der Waals surface area contributed by atoms with E-state index < -0.39 is 11.9 Å². The molecule has 0 heterocycles. The van der Waals surface area contributed by atoms with Gasteiger partial charge in [-0.2, -0.15) is 0 Å². The van der Waals surface area contributed by atoms with Crippen LogP contribution in [0.2, 0.25) is 0 Å². The van der Waals surface area contributed by atoms with Crippen LogP contribution in [-0.4, -0.2) is 11.9 Å². The summed E-state index contributed by atoms with van der Waals surface area (Å²) in [6.45, 7) is 3.63. The highest BCUT2D eigenvalue weighted by atomic mass is 19.1. The molecule has 0 aliphatic heterocycles. The molecule has 3 N–H and O–H groups in total. The number of hydrogen-bond acceptors (Lipinski definition) is 2. The summed E-state index contributed by atoms with van der Waals surface area (Å²) in [6.07, 6.45) is 0.574. The molecule has 0 fully saturated rings. The Kier molecular flexibility index (Phi) is 3.66. The van der Waals surface area contributed by atoms with Gasteiger partial charge in [0.15, 0.2) is 0 Å². The highest BCUT2D eigenvalue weighted by Gasteiger charge is 2.12. The second-order valence-corrected chi connectivity index (χ2v) is 3.52. The minimum absolute atomic E-state index is 0.322. The van der Waals surface area contributed by atoms with Crippen LogP contribution in [0.1, 0.15) is 18.9 Å². The van der Waals surface area contributed by atoms with Gasteiger partial charge in [-0.15, -0.1) is 0 Å². The first kappa shape index (κ1) is 11.5. The number of amides is 1. The van der Waals surface area contributed by atoms with Crippen molar-refractivity contribution in [1.82, 2.24) is 0 Å². The Morgan fingerprint density at radius 1 is 1.53 bits per heavy atom. The zero-order valence-corrected chi connectivity index (χ0v) is 8.88. The molecule has 0 aliphatic rings. The van der Waals surface area contributed by atoms with E-state index >= 15 is 0 Å². The molecule has 1 amide bonds. The van der Waals surface area contributed by atoms with Gasteiger partial charge in [0.05, 0.1) is 0 Å². The molecule has 82 valence electrons. The second kappa shape index (κ2) is 4.77. The van der Waals surface area contributed by atoms with Crippen molar-refractivity contribution in [2.24, 2.45) is 5.73 Å². The summed E-state index contributed by atoms with van der Waals surface area (Å²) in [6, 6.07) is 4.09. The number of nitrogens with one attached hydrogen (secondary N) is 1. The summed E-state index contributed by atoms with van der Waals surface area (Å²) >= 11 is 0. The van der Waals surface area contributed by atoms with E-state index in [1.165, 1.54) is 12.1 Å². The zero-order valence-electron chi connectivity index (χ0n) is 8.88. The minimum atomic E-state index is -0.453. The third-order valence-corrected chi connectivity index (χ3v) is 2.13. The number of primary amides is 1. The van der Waals surface area contributed by atoms with Gasteiger partial charge in [0.1, 0.15) is 11.9 Å². The van der Waals surface area contributed by atoms with Crippen LogP contribution in [0, 0.1) is 12.7 Å². The molecule has 0 saturated heterocycles. The van der Waals surface area contributed by atoms with E-state index in [4.69, 9.17) is 5.73 Å². The van der Waals surface area contributed by atoms with Crippen LogP contribution in [-0.2, 0) is 4.79 Å². The molecule has 0 aromatic heterocycles. The summed E-state index contributed by atoms with van der Waals surface area (Å²) in [7, 11) is 0. The van der Waals surface area contributed by atoms with Crippen LogP contribution in [0.25, 0.3) is 0 Å². The number of anilines is 1. The largest absolute Gasteiger partial charge is 0.374 e. The van der Waals surface area contributed by atoms with Crippen molar-refractivity contribution in [3.05, 3.63) is 29.6 Å². The molecule has 0 saturated carbocycles. The van der Waals surface area contributed by atoms with E-state index in [-0.39, 0.29) is 5.82 Å². The third-order valence-electron chi connectivity index (χ3n) is 2.13. The number of carbonyl (C=O) groups is 1. The molecule has 0 bridgehead atoms. The van der Waals surface area contributed by atoms with E-state index in [1.54, 1.807) is 13.0 Å². The lowest BCUT2D eigenvalue weighted by atomic mass is 10.1. The number of halogens is 1. The van der Waals surface area contributed by atoms with Crippen LogP contribution in [0.15, 0.2) is 18.2 Å². The monoisotopic (exact) mass is 210 g/mol. The number of rotatable bonds is 4. The Hall–Kier alpha value is -1.58. The smallest absolute Gasteiger partial charge is 0.239 e. The highest BCUT2D eigenvalue weighted by Crippen LogP contribution is 2.14. The van der Waals surface area contributed by atoms with Gasteiger partial charge >= 0.3 is 0 Å². The molecule has 1 unspecified atom stereocenters. The lowest BCUT2D eigenvalue weighted by Gasteiger charge is -2.15. The van der Waals surface area contributed by atoms with E-state index in [9.17, 15) is 9.18 Å². The molecule has 1 atom stereocenters. The average molecular weight is 210 g/mol. The van der Waals surface area contributed by atoms with Gasteiger partial charge in [-0.1, -0.05) is 6.92 Å². The van der Waals surface area contributed by atoms with Crippen LogP contribution in [0.4, 0.5) is 10.1 Å². The van der Waals surface area contributed by atoms with Crippen LogP contribution >= 0.6 is 0 Å². The van der Waals surface area contributed by atoms with E-state index in [2.05, 4.69) is 5.32 Å². The summed E-state index contributed by atoms with van der Waals surface area (Å²) in [5.74, 6) is -0.753. The lowest BCUT2D eigenvalue weighted by Crippen LogP contribution is -2.34. The Morgan fingerprint density at radius 2 is 2.20 bits per heavy atom. The van der Waals surface area contributed by atoms with E-state index in [0.29, 0.717) is 12.1 Å². The molecular weight excluding hydrogens is 195 g/mol. The number of nitrogens with two attached hydrogens (primary N) is 1. The first-order valence-corrected chi connectivity index (χ1v) is 4.86. The molecule has 0 spiro atoms. The lowest BCUT2D eigenvalue weighted by molar-refractivity contribution is -0.118. The summed E-state index contributed by atoms with van der Waals surface area (Å²) < 4.78 is 13.0. The summed E-state index contributed by atoms with van der Waals surface area (Å²) in [4.78, 5) is 11.0. The number of carbonyl (C=O) groups excluding carboxylic acids is 1. The predicted octanol–water partition coefficient (Wildman–Crippen LogP) is 1.81. The SMILES string of the molecule is CCC(Nc1cc(C)cc(F)c1)C(N)=O. The van der Waals surface area contributed by atoms with Crippen LogP contribution in [0.5, 0.6) is 0 Å². The van der Waals surface area contributed by atoms with Crippen LogP contribution < -0.4 is 11.1 Å². The maximum absolute atomic E-state index is 13.0. The average Bonchev–Trinajstić information content (AvgIpc) is 2.12. The minimum Gasteiger partial charge on any atom is -0.374 e. The third kappa shape index (κ3) is 3.23. The number of hydrogen-bond donors (Lipinski definition) is 2. The number of benzene rings is 1. The molecular formula is C11H15FN2O. The highest BCUT2D eigenvalue weighted by molar-refractivity contribution is 5.82. The summed E-state index contributed by atoms with van der Waals surface area (Å²) in [5.41, 5.74) is 6.56. The predicted molar refractivity (Wildman–Crippen MR) is 58.0 cm³/mol. The standard InChI is InChI=1S/C11H15FN2O/c1-3-10(11(13)15)14-9-5-7(2)4-8(12)6-9/h4-6,10,14H,3H2,1-2H3,(H2,13,15). The molecule has 4 heteroatoms. The van der Waals surface area contributed by atoms with Gasteiger partial charge in [0, 0.05) is 5.69 Å². The fourth-order valence-electron chi connectivity index (χ4n) is 1.40. The molecule has 0 radical (unpaired) electrons. The van der Waals surface area contributed by atoms with E-state index in [0.717, 1.165) is 5.56 Å². The topological polar surface area (TPSA) is 55.1 Å². The molecule has 1 aromatic rings. The van der Waals surface area contributed by atoms with Gasteiger partial charge in [0.25, 0.3) is 0 Å². The molecule has 1 aromatic carbocycles. The Morgan fingerprint density at radius 3 is 2.67 bits per heavy atom. The van der Waals surface area contributed by atoms with Gasteiger partial charge in [0.2, 0.25) is 5.91 Å². The van der Waals surface area contributed by atoms with Gasteiger partial charge in [-0.25, -0.2) is 4.39 Å². The van der Waals surface area contributed by atoms with Crippen molar-refractivity contribution < 1.29 is 9.18 Å². The Bertz CT molecular complexity index is 345. The molecule has 15 heavy (non-hydrogen) atoms.